The van der Waals surface area contributed by atoms with E-state index in [1.807, 2.05) is 0 Å². The molecule has 1 fully saturated rings. The zero-order valence-electron chi connectivity index (χ0n) is 11.2. The van der Waals surface area contributed by atoms with Crippen molar-refractivity contribution < 1.29 is 13.2 Å². The van der Waals surface area contributed by atoms with Crippen molar-refractivity contribution in [3.05, 3.63) is 0 Å². The quantitative estimate of drug-likeness (QED) is 0.367. The van der Waals surface area contributed by atoms with E-state index in [0.717, 1.165) is 38.5 Å². The Kier molecular flexibility index (Phi) is 6.23. The molecule has 1 rings (SSSR count). The zero-order chi connectivity index (χ0) is 14.3. The Hall–Kier alpha value is -1.15. The summed E-state index contributed by atoms with van der Waals surface area (Å²) in [6, 6.07) is -0.476. The van der Waals surface area contributed by atoms with E-state index in [4.69, 9.17) is 5.73 Å². The van der Waals surface area contributed by atoms with Gasteiger partial charge in [-0.25, -0.2) is 8.42 Å². The van der Waals surface area contributed by atoms with Crippen molar-refractivity contribution >= 4 is 22.3 Å². The van der Waals surface area contributed by atoms with E-state index in [1.165, 1.54) is 0 Å². The van der Waals surface area contributed by atoms with Gasteiger partial charge in [0, 0.05) is 19.6 Å². The molecule has 1 saturated heterocycles. The highest BCUT2D eigenvalue weighted by Crippen LogP contribution is 2.10. The average Bonchev–Trinajstić information content (AvgIpc) is 2.84. The summed E-state index contributed by atoms with van der Waals surface area (Å²) in [5, 5.41) is 0. The Morgan fingerprint density at radius 2 is 2.11 bits per heavy atom. The molecular formula is C11H22N4O3S. The SMILES string of the molecule is CS(=O)(=O)NC=NCCC[C@H](N)C(=O)N1CCCC1. The molecule has 0 aromatic rings. The number of carbonyl (C=O) groups is 1. The molecule has 0 unspecified atom stereocenters. The highest BCUT2D eigenvalue weighted by Gasteiger charge is 2.22. The van der Waals surface area contributed by atoms with Crippen LogP contribution >= 0.6 is 0 Å². The molecule has 1 atom stereocenters. The maximum absolute atomic E-state index is 11.9. The Morgan fingerprint density at radius 1 is 1.47 bits per heavy atom. The van der Waals surface area contributed by atoms with Crippen LogP contribution in [0.15, 0.2) is 4.99 Å². The van der Waals surface area contributed by atoms with E-state index in [-0.39, 0.29) is 5.91 Å². The molecule has 7 nitrogen and oxygen atoms in total. The van der Waals surface area contributed by atoms with Gasteiger partial charge in [0.25, 0.3) is 0 Å². The van der Waals surface area contributed by atoms with Crippen molar-refractivity contribution in [3.8, 4) is 0 Å². The lowest BCUT2D eigenvalue weighted by atomic mass is 10.1. The number of nitrogens with zero attached hydrogens (tertiary/aromatic N) is 2. The Bertz CT molecular complexity index is 416. The third-order valence-corrected chi connectivity index (χ3v) is 3.43. The lowest BCUT2D eigenvalue weighted by molar-refractivity contribution is -0.131. The molecule has 1 amide bonds. The fourth-order valence-corrected chi connectivity index (χ4v) is 2.16. The second-order valence-electron chi connectivity index (χ2n) is 4.71. The first kappa shape index (κ1) is 15.9. The van der Waals surface area contributed by atoms with Crippen LogP contribution in [0.2, 0.25) is 0 Å². The number of nitrogens with two attached hydrogens (primary N) is 1. The van der Waals surface area contributed by atoms with Gasteiger partial charge in [-0.1, -0.05) is 0 Å². The third-order valence-electron chi connectivity index (χ3n) is 2.90. The van der Waals surface area contributed by atoms with Crippen LogP contribution in [-0.4, -0.2) is 57.5 Å². The molecule has 0 radical (unpaired) electrons. The number of hydrogen-bond acceptors (Lipinski definition) is 5. The van der Waals surface area contributed by atoms with Crippen LogP contribution in [0.1, 0.15) is 25.7 Å². The lowest BCUT2D eigenvalue weighted by Crippen LogP contribution is -2.42. The zero-order valence-corrected chi connectivity index (χ0v) is 12.0. The normalized spacial score (nSPS) is 17.9. The molecule has 1 aliphatic heterocycles. The number of nitrogens with one attached hydrogen (secondary N) is 1. The number of hydrogen-bond donors (Lipinski definition) is 2. The van der Waals surface area contributed by atoms with Gasteiger partial charge in [0.05, 0.1) is 18.6 Å². The van der Waals surface area contributed by atoms with E-state index >= 15 is 0 Å². The Balaban J connectivity index is 2.16. The van der Waals surface area contributed by atoms with Gasteiger partial charge in [0.2, 0.25) is 15.9 Å². The smallest absolute Gasteiger partial charge is 0.239 e. The molecule has 0 bridgehead atoms. The maximum Gasteiger partial charge on any atom is 0.239 e. The number of aliphatic imine (C=N–C) groups is 1. The summed E-state index contributed by atoms with van der Waals surface area (Å²) in [6.45, 7) is 2.06. The van der Waals surface area contributed by atoms with E-state index in [1.54, 1.807) is 4.90 Å². The second kappa shape index (κ2) is 7.44. The van der Waals surface area contributed by atoms with E-state index in [0.29, 0.717) is 19.4 Å². The predicted octanol–water partition coefficient (Wildman–Crippen LogP) is -0.706. The van der Waals surface area contributed by atoms with Crippen molar-refractivity contribution in [1.82, 2.24) is 9.62 Å². The fraction of sp³-hybridized carbons (Fsp3) is 0.818. The molecule has 8 heteroatoms. The summed E-state index contributed by atoms with van der Waals surface area (Å²) in [6.07, 6.45) is 5.54. The van der Waals surface area contributed by atoms with E-state index in [9.17, 15) is 13.2 Å². The number of rotatable bonds is 7. The fourth-order valence-electron chi connectivity index (χ4n) is 1.90. The number of sulfonamides is 1. The summed E-state index contributed by atoms with van der Waals surface area (Å²) in [7, 11) is -3.24. The predicted molar refractivity (Wildman–Crippen MR) is 74.4 cm³/mol. The van der Waals surface area contributed by atoms with Crippen molar-refractivity contribution in [2.24, 2.45) is 10.7 Å². The first-order valence-electron chi connectivity index (χ1n) is 6.40. The molecule has 1 aliphatic rings. The first-order valence-corrected chi connectivity index (χ1v) is 8.29. The summed E-state index contributed by atoms with van der Waals surface area (Å²) in [4.78, 5) is 17.6. The summed E-state index contributed by atoms with van der Waals surface area (Å²) in [5.74, 6) is 0.00994. The molecule has 0 aromatic carbocycles. The van der Waals surface area contributed by atoms with Crippen LogP contribution in [0.5, 0.6) is 0 Å². The molecule has 0 spiro atoms. The first-order chi connectivity index (χ1) is 8.90. The number of carbonyl (C=O) groups excluding carboxylic acids is 1. The summed E-state index contributed by atoms with van der Waals surface area (Å²) >= 11 is 0. The Morgan fingerprint density at radius 3 is 2.68 bits per heavy atom. The minimum atomic E-state index is -3.24. The minimum absolute atomic E-state index is 0.00994. The lowest BCUT2D eigenvalue weighted by Gasteiger charge is -2.19. The average molecular weight is 290 g/mol. The molecule has 1 heterocycles. The van der Waals surface area contributed by atoms with Crippen molar-refractivity contribution in [2.45, 2.75) is 31.7 Å². The summed E-state index contributed by atoms with van der Waals surface area (Å²) in [5.41, 5.74) is 5.83. The largest absolute Gasteiger partial charge is 0.341 e. The highest BCUT2D eigenvalue weighted by molar-refractivity contribution is 7.89. The van der Waals surface area contributed by atoms with Gasteiger partial charge in [0.1, 0.15) is 0 Å². The molecule has 3 N–H and O–H groups in total. The van der Waals surface area contributed by atoms with Gasteiger partial charge in [-0.15, -0.1) is 0 Å². The van der Waals surface area contributed by atoms with Gasteiger partial charge in [0.15, 0.2) is 0 Å². The van der Waals surface area contributed by atoms with Gasteiger partial charge in [-0.3, -0.25) is 14.5 Å². The standard InChI is InChI=1S/C11H22N4O3S/c1-19(17,18)14-9-13-6-4-5-10(12)11(16)15-7-2-3-8-15/h9-10H,2-8,12H2,1H3,(H,13,14)/t10-/m0/s1. The van der Waals surface area contributed by atoms with Crippen LogP contribution in [0.4, 0.5) is 0 Å². The number of likely N-dealkylation sites (tertiary alicyclic amines) is 1. The molecule has 110 valence electrons. The minimum Gasteiger partial charge on any atom is -0.341 e. The molecule has 0 saturated carbocycles. The van der Waals surface area contributed by atoms with Crippen LogP contribution < -0.4 is 10.5 Å². The van der Waals surface area contributed by atoms with Crippen LogP contribution in [0.25, 0.3) is 0 Å². The van der Waals surface area contributed by atoms with Crippen molar-refractivity contribution in [2.75, 3.05) is 25.9 Å². The topological polar surface area (TPSA) is 105 Å². The van der Waals surface area contributed by atoms with Crippen molar-refractivity contribution in [1.29, 1.82) is 0 Å². The molecule has 0 aromatic heterocycles. The van der Waals surface area contributed by atoms with Crippen LogP contribution in [-0.2, 0) is 14.8 Å². The maximum atomic E-state index is 11.9. The van der Waals surface area contributed by atoms with Crippen molar-refractivity contribution in [3.63, 3.8) is 0 Å². The van der Waals surface area contributed by atoms with E-state index < -0.39 is 16.1 Å². The van der Waals surface area contributed by atoms with Gasteiger partial charge < -0.3 is 10.6 Å². The molecule has 19 heavy (non-hydrogen) atoms. The monoisotopic (exact) mass is 290 g/mol. The van der Waals surface area contributed by atoms with Gasteiger partial charge in [-0.05, 0) is 25.7 Å². The number of amides is 1. The highest BCUT2D eigenvalue weighted by atomic mass is 32.2. The van der Waals surface area contributed by atoms with Crippen LogP contribution in [0, 0.1) is 0 Å². The molecule has 0 aliphatic carbocycles. The van der Waals surface area contributed by atoms with Gasteiger partial charge in [-0.2, -0.15) is 0 Å². The third kappa shape index (κ3) is 6.53. The van der Waals surface area contributed by atoms with E-state index in [2.05, 4.69) is 9.71 Å². The summed E-state index contributed by atoms with van der Waals surface area (Å²) < 4.78 is 23.6. The Labute approximate surface area is 114 Å². The van der Waals surface area contributed by atoms with Crippen LogP contribution in [0.3, 0.4) is 0 Å². The molecular weight excluding hydrogens is 268 g/mol. The second-order valence-corrected chi connectivity index (χ2v) is 6.49. The van der Waals surface area contributed by atoms with Gasteiger partial charge >= 0.3 is 0 Å².